The summed E-state index contributed by atoms with van der Waals surface area (Å²) in [6.07, 6.45) is 0.609. The number of nitrogens with zero attached hydrogens (tertiary/aromatic N) is 2. The lowest BCUT2D eigenvalue weighted by molar-refractivity contribution is -0.385. The summed E-state index contributed by atoms with van der Waals surface area (Å²) in [6, 6.07) is 12.2. The van der Waals surface area contributed by atoms with Crippen molar-refractivity contribution >= 4 is 29.2 Å². The number of halogens is 1. The fourth-order valence-corrected chi connectivity index (χ4v) is 3.17. The third-order valence-electron chi connectivity index (χ3n) is 4.34. The van der Waals surface area contributed by atoms with Crippen LogP contribution in [0.3, 0.4) is 0 Å². The number of ether oxygens (including phenoxy) is 1. The lowest BCUT2D eigenvalue weighted by atomic mass is 10.1. The van der Waals surface area contributed by atoms with Crippen molar-refractivity contribution < 1.29 is 19.2 Å². The molecule has 1 amide bonds. The monoisotopic (exact) mass is 388 g/mol. The molecule has 1 atom stereocenters. The molecule has 1 aliphatic heterocycles. The van der Waals surface area contributed by atoms with Crippen LogP contribution < -0.4 is 0 Å². The number of likely N-dealkylation sites (tertiary alicyclic amines) is 1. The molecule has 1 saturated heterocycles. The molecular weight excluding hydrogens is 372 g/mol. The van der Waals surface area contributed by atoms with E-state index in [1.165, 1.54) is 12.1 Å². The molecule has 140 valence electrons. The van der Waals surface area contributed by atoms with E-state index in [-0.39, 0.29) is 16.5 Å². The minimum atomic E-state index is -1.17. The molecule has 2 aromatic rings. The molecule has 0 N–H and O–H groups in total. The summed E-state index contributed by atoms with van der Waals surface area (Å²) in [7, 11) is 0. The van der Waals surface area contributed by atoms with Crippen LogP contribution in [0.5, 0.6) is 0 Å². The van der Waals surface area contributed by atoms with Crippen molar-refractivity contribution in [2.45, 2.75) is 18.9 Å². The van der Waals surface area contributed by atoms with Crippen molar-refractivity contribution in [2.75, 3.05) is 13.1 Å². The van der Waals surface area contributed by atoms with Gasteiger partial charge in [0.25, 0.3) is 11.6 Å². The number of carbonyl (C=O) groups is 2. The van der Waals surface area contributed by atoms with Crippen molar-refractivity contribution in [2.24, 2.45) is 0 Å². The number of rotatable bonds is 5. The minimum absolute atomic E-state index is 0.162. The van der Waals surface area contributed by atoms with E-state index < -0.39 is 22.7 Å². The maximum Gasteiger partial charge on any atom is 0.346 e. The Morgan fingerprint density at radius 2 is 1.78 bits per heavy atom. The highest BCUT2D eigenvalue weighted by atomic mass is 35.5. The summed E-state index contributed by atoms with van der Waals surface area (Å²) in [5.74, 6) is -1.30. The summed E-state index contributed by atoms with van der Waals surface area (Å²) < 4.78 is 5.45. The second-order valence-electron chi connectivity index (χ2n) is 6.15. The Labute approximate surface area is 160 Å². The molecule has 0 unspecified atom stereocenters. The maximum absolute atomic E-state index is 12.9. The van der Waals surface area contributed by atoms with Crippen LogP contribution >= 0.6 is 11.6 Å². The summed E-state index contributed by atoms with van der Waals surface area (Å²) in [5.41, 5.74) is -0.208. The predicted molar refractivity (Wildman–Crippen MR) is 98.5 cm³/mol. The summed E-state index contributed by atoms with van der Waals surface area (Å²) in [4.78, 5) is 37.7. The first kappa shape index (κ1) is 18.8. The third kappa shape index (κ3) is 4.25. The van der Waals surface area contributed by atoms with Crippen molar-refractivity contribution in [1.82, 2.24) is 4.90 Å². The van der Waals surface area contributed by atoms with Crippen LogP contribution in [0.2, 0.25) is 5.02 Å². The number of nitro groups is 1. The Morgan fingerprint density at radius 3 is 2.41 bits per heavy atom. The number of hydrogen-bond acceptors (Lipinski definition) is 5. The SMILES string of the molecule is O=C(O[C@H](C(=O)N1CCCC1)c1ccccc1)c1cc(Cl)ccc1[N+](=O)[O-]. The Bertz CT molecular complexity index is 866. The Kier molecular flexibility index (Phi) is 5.71. The zero-order valence-electron chi connectivity index (χ0n) is 14.3. The molecule has 0 saturated carbocycles. The molecule has 27 heavy (non-hydrogen) atoms. The number of nitro benzene ring substituents is 1. The Balaban J connectivity index is 1.92. The van der Waals surface area contributed by atoms with Crippen molar-refractivity contribution in [1.29, 1.82) is 0 Å². The number of hydrogen-bond donors (Lipinski definition) is 0. The fourth-order valence-electron chi connectivity index (χ4n) is 2.99. The van der Waals surface area contributed by atoms with Crippen LogP contribution in [0, 0.1) is 10.1 Å². The highest BCUT2D eigenvalue weighted by molar-refractivity contribution is 6.31. The highest BCUT2D eigenvalue weighted by Gasteiger charge is 2.33. The van der Waals surface area contributed by atoms with Crippen LogP contribution in [0.4, 0.5) is 5.69 Å². The summed E-state index contributed by atoms with van der Waals surface area (Å²) >= 11 is 5.88. The largest absolute Gasteiger partial charge is 0.443 e. The molecule has 0 spiro atoms. The van der Waals surface area contributed by atoms with Gasteiger partial charge < -0.3 is 9.64 Å². The molecule has 0 bridgehead atoms. The number of benzene rings is 2. The third-order valence-corrected chi connectivity index (χ3v) is 4.58. The average Bonchev–Trinajstić information content (AvgIpc) is 3.20. The molecule has 2 aromatic carbocycles. The topological polar surface area (TPSA) is 89.8 Å². The normalized spacial score (nSPS) is 14.6. The van der Waals surface area contributed by atoms with Crippen LogP contribution in [0.15, 0.2) is 48.5 Å². The number of esters is 1. The van der Waals surface area contributed by atoms with Gasteiger partial charge in [-0.05, 0) is 25.0 Å². The van der Waals surface area contributed by atoms with Gasteiger partial charge in [0.1, 0.15) is 5.56 Å². The summed E-state index contributed by atoms with van der Waals surface area (Å²) in [6.45, 7) is 1.19. The average molecular weight is 389 g/mol. The zero-order valence-corrected chi connectivity index (χ0v) is 15.1. The quantitative estimate of drug-likeness (QED) is 0.442. The minimum Gasteiger partial charge on any atom is -0.443 e. The van der Waals surface area contributed by atoms with Crippen LogP contribution in [0.1, 0.15) is 34.9 Å². The fraction of sp³-hybridized carbons (Fsp3) is 0.263. The molecule has 0 radical (unpaired) electrons. The van der Waals surface area contributed by atoms with Crippen LogP contribution in [-0.4, -0.2) is 34.8 Å². The van der Waals surface area contributed by atoms with Crippen LogP contribution in [0.25, 0.3) is 0 Å². The van der Waals surface area contributed by atoms with Gasteiger partial charge >= 0.3 is 5.97 Å². The molecule has 1 heterocycles. The molecule has 8 heteroatoms. The standard InChI is InChI=1S/C19H17ClN2O5/c20-14-8-9-16(22(25)26)15(12-14)19(24)27-17(13-6-2-1-3-7-13)18(23)21-10-4-5-11-21/h1-3,6-9,12,17H,4-5,10-11H2/t17-/m0/s1. The molecule has 0 aliphatic carbocycles. The van der Waals surface area contributed by atoms with Gasteiger partial charge in [-0.25, -0.2) is 4.79 Å². The number of amides is 1. The first-order valence-corrected chi connectivity index (χ1v) is 8.84. The van der Waals surface area contributed by atoms with Gasteiger partial charge in [0.2, 0.25) is 6.10 Å². The van der Waals surface area contributed by atoms with E-state index in [0.29, 0.717) is 18.7 Å². The van der Waals surface area contributed by atoms with E-state index in [9.17, 15) is 19.7 Å². The van der Waals surface area contributed by atoms with E-state index in [2.05, 4.69) is 0 Å². The zero-order chi connectivity index (χ0) is 19.4. The lowest BCUT2D eigenvalue weighted by Crippen LogP contribution is -2.35. The molecule has 7 nitrogen and oxygen atoms in total. The predicted octanol–water partition coefficient (Wildman–Crippen LogP) is 3.77. The van der Waals surface area contributed by atoms with Gasteiger partial charge in [0.05, 0.1) is 4.92 Å². The number of carbonyl (C=O) groups excluding carboxylic acids is 2. The van der Waals surface area contributed by atoms with E-state index in [1.54, 1.807) is 35.2 Å². The molecular formula is C19H17ClN2O5. The van der Waals surface area contributed by atoms with E-state index in [1.807, 2.05) is 0 Å². The highest BCUT2D eigenvalue weighted by Crippen LogP contribution is 2.28. The first-order valence-electron chi connectivity index (χ1n) is 8.46. The Morgan fingerprint density at radius 1 is 1.11 bits per heavy atom. The van der Waals surface area contributed by atoms with Crippen molar-refractivity contribution in [3.63, 3.8) is 0 Å². The smallest absolute Gasteiger partial charge is 0.346 e. The lowest BCUT2D eigenvalue weighted by Gasteiger charge is -2.23. The first-order chi connectivity index (χ1) is 13.0. The molecule has 3 rings (SSSR count). The van der Waals surface area contributed by atoms with Gasteiger partial charge in [-0.1, -0.05) is 41.9 Å². The van der Waals surface area contributed by atoms with Crippen molar-refractivity contribution in [3.05, 3.63) is 74.8 Å². The molecule has 1 fully saturated rings. The molecule has 0 aromatic heterocycles. The van der Waals surface area contributed by atoms with Gasteiger partial charge in [-0.15, -0.1) is 0 Å². The van der Waals surface area contributed by atoms with Crippen molar-refractivity contribution in [3.8, 4) is 0 Å². The summed E-state index contributed by atoms with van der Waals surface area (Å²) in [5, 5.41) is 11.4. The van der Waals surface area contributed by atoms with Crippen LogP contribution in [-0.2, 0) is 9.53 Å². The maximum atomic E-state index is 12.9. The van der Waals surface area contributed by atoms with Gasteiger partial charge in [-0.3, -0.25) is 14.9 Å². The Hall–Kier alpha value is -2.93. The molecule has 1 aliphatic rings. The van der Waals surface area contributed by atoms with Gasteiger partial charge in [-0.2, -0.15) is 0 Å². The van der Waals surface area contributed by atoms with E-state index in [0.717, 1.165) is 18.9 Å². The second kappa shape index (κ2) is 8.18. The van der Waals surface area contributed by atoms with Gasteiger partial charge in [0.15, 0.2) is 0 Å². The van der Waals surface area contributed by atoms with Gasteiger partial charge in [0, 0.05) is 29.7 Å². The van der Waals surface area contributed by atoms with E-state index >= 15 is 0 Å². The second-order valence-corrected chi connectivity index (χ2v) is 6.58. The van der Waals surface area contributed by atoms with E-state index in [4.69, 9.17) is 16.3 Å².